The van der Waals surface area contributed by atoms with Crippen molar-refractivity contribution in [2.45, 2.75) is 38.5 Å². The standard InChI is InChI=1S/C24H22Cl3F3N2O3/c1-13(2)21(22(34)24(28,29)30)32-23(35)19(11-14-3-6-16(25)7-4-14)31-20(33)8-5-15-9-17(26)12-18(27)10-15/h3-10,12-13,19,21H,11H2,1-2H3,(H,31,33)(H,32,35)/t19-,21-/m0/s1. The molecule has 2 rings (SSSR count). The number of amides is 2. The first-order valence-electron chi connectivity index (χ1n) is 10.4. The average molecular weight is 550 g/mol. The van der Waals surface area contributed by atoms with Gasteiger partial charge < -0.3 is 10.6 Å². The molecule has 11 heteroatoms. The van der Waals surface area contributed by atoms with Crippen molar-refractivity contribution >= 4 is 58.5 Å². The van der Waals surface area contributed by atoms with E-state index in [0.29, 0.717) is 26.2 Å². The molecule has 0 bridgehead atoms. The number of halogens is 6. The van der Waals surface area contributed by atoms with Crippen LogP contribution in [0.3, 0.4) is 0 Å². The van der Waals surface area contributed by atoms with Crippen molar-refractivity contribution in [3.63, 3.8) is 0 Å². The molecule has 2 atom stereocenters. The summed E-state index contributed by atoms with van der Waals surface area (Å²) < 4.78 is 39.0. The lowest BCUT2D eigenvalue weighted by Gasteiger charge is -2.25. The van der Waals surface area contributed by atoms with Gasteiger partial charge in [0.25, 0.3) is 5.78 Å². The van der Waals surface area contributed by atoms with E-state index < -0.39 is 41.8 Å². The van der Waals surface area contributed by atoms with Crippen molar-refractivity contribution < 1.29 is 27.6 Å². The topological polar surface area (TPSA) is 75.3 Å². The summed E-state index contributed by atoms with van der Waals surface area (Å²) in [6.45, 7) is 2.75. The van der Waals surface area contributed by atoms with Gasteiger partial charge in [0.2, 0.25) is 11.8 Å². The Balaban J connectivity index is 2.25. The second-order valence-corrected chi connectivity index (χ2v) is 9.33. The minimum absolute atomic E-state index is 0.0589. The molecule has 0 unspecified atom stereocenters. The number of rotatable bonds is 9. The van der Waals surface area contributed by atoms with E-state index in [2.05, 4.69) is 10.6 Å². The highest BCUT2D eigenvalue weighted by Crippen LogP contribution is 2.22. The number of nitrogens with one attached hydrogen (secondary N) is 2. The zero-order valence-corrected chi connectivity index (χ0v) is 20.9. The van der Waals surface area contributed by atoms with Crippen molar-refractivity contribution in [2.75, 3.05) is 0 Å². The molecule has 2 amide bonds. The fourth-order valence-electron chi connectivity index (χ4n) is 3.09. The predicted octanol–water partition coefficient (Wildman–Crippen LogP) is 5.66. The Labute approximate surface area is 215 Å². The van der Waals surface area contributed by atoms with Crippen molar-refractivity contribution in [3.05, 3.63) is 74.7 Å². The molecule has 0 radical (unpaired) electrons. The van der Waals surface area contributed by atoms with Crippen molar-refractivity contribution in [3.8, 4) is 0 Å². The Kier molecular flexibility index (Phi) is 10.2. The number of ketones is 1. The van der Waals surface area contributed by atoms with Crippen LogP contribution in [-0.4, -0.2) is 35.9 Å². The molecule has 0 spiro atoms. The van der Waals surface area contributed by atoms with Crippen LogP contribution in [0.25, 0.3) is 6.08 Å². The lowest BCUT2D eigenvalue weighted by Crippen LogP contribution is -2.55. The van der Waals surface area contributed by atoms with E-state index in [1.807, 2.05) is 0 Å². The molecule has 0 aromatic heterocycles. The van der Waals surface area contributed by atoms with Crippen molar-refractivity contribution in [2.24, 2.45) is 5.92 Å². The SMILES string of the molecule is CC(C)[C@H](NC(=O)[C@H](Cc1ccc(Cl)cc1)NC(=O)C=Cc1cc(Cl)cc(Cl)c1)C(=O)C(F)(F)F. The molecule has 188 valence electrons. The van der Waals surface area contributed by atoms with Crippen molar-refractivity contribution in [1.29, 1.82) is 0 Å². The maximum absolute atomic E-state index is 13.0. The van der Waals surface area contributed by atoms with E-state index in [1.54, 1.807) is 36.4 Å². The summed E-state index contributed by atoms with van der Waals surface area (Å²) in [6, 6.07) is 7.91. The molecule has 2 N–H and O–H groups in total. The number of hydrogen-bond acceptors (Lipinski definition) is 3. The first-order chi connectivity index (χ1) is 16.3. The van der Waals surface area contributed by atoms with E-state index in [4.69, 9.17) is 34.8 Å². The minimum atomic E-state index is -5.13. The Hall–Kier alpha value is -2.55. The van der Waals surface area contributed by atoms with E-state index in [1.165, 1.54) is 26.0 Å². The summed E-state index contributed by atoms with van der Waals surface area (Å²) >= 11 is 17.7. The molecule has 0 aliphatic carbocycles. The molecule has 0 saturated carbocycles. The van der Waals surface area contributed by atoms with E-state index >= 15 is 0 Å². The van der Waals surface area contributed by atoms with Crippen LogP contribution in [0.5, 0.6) is 0 Å². The quantitative estimate of drug-likeness (QED) is 0.397. The predicted molar refractivity (Wildman–Crippen MR) is 130 cm³/mol. The van der Waals surface area contributed by atoms with Gasteiger partial charge in [-0.2, -0.15) is 13.2 Å². The van der Waals surface area contributed by atoms with Gasteiger partial charge in [0.05, 0.1) is 6.04 Å². The van der Waals surface area contributed by atoms with Gasteiger partial charge >= 0.3 is 6.18 Å². The van der Waals surface area contributed by atoms with Crippen molar-refractivity contribution in [1.82, 2.24) is 10.6 Å². The number of carbonyl (C=O) groups excluding carboxylic acids is 3. The van der Waals surface area contributed by atoms with Gasteiger partial charge in [-0.05, 0) is 53.5 Å². The Morgan fingerprint density at radius 1 is 0.914 bits per heavy atom. The zero-order chi connectivity index (χ0) is 26.3. The molecule has 0 fully saturated rings. The molecule has 0 saturated heterocycles. The Morgan fingerprint density at radius 2 is 1.49 bits per heavy atom. The monoisotopic (exact) mass is 548 g/mol. The van der Waals surface area contributed by atoms with E-state index in [-0.39, 0.29) is 6.42 Å². The van der Waals surface area contributed by atoms with Gasteiger partial charge in [-0.15, -0.1) is 0 Å². The first kappa shape index (κ1) is 28.7. The third kappa shape index (κ3) is 9.20. The highest BCUT2D eigenvalue weighted by atomic mass is 35.5. The fourth-order valence-corrected chi connectivity index (χ4v) is 3.76. The minimum Gasteiger partial charge on any atom is -0.344 e. The number of benzene rings is 2. The molecule has 0 aliphatic rings. The smallest absolute Gasteiger partial charge is 0.344 e. The molecule has 5 nitrogen and oxygen atoms in total. The second kappa shape index (κ2) is 12.4. The lowest BCUT2D eigenvalue weighted by molar-refractivity contribution is -0.175. The second-order valence-electron chi connectivity index (χ2n) is 8.02. The zero-order valence-electron chi connectivity index (χ0n) is 18.6. The van der Waals surface area contributed by atoms with Crippen LogP contribution in [0, 0.1) is 5.92 Å². The van der Waals surface area contributed by atoms with Crippen LogP contribution in [0.4, 0.5) is 13.2 Å². The first-order valence-corrected chi connectivity index (χ1v) is 11.5. The summed E-state index contributed by atoms with van der Waals surface area (Å²) in [5.74, 6) is -4.55. The highest BCUT2D eigenvalue weighted by molar-refractivity contribution is 6.34. The normalized spacial score (nSPS) is 13.5. The van der Waals surface area contributed by atoms with Gasteiger partial charge in [-0.1, -0.05) is 60.8 Å². The molecule has 0 heterocycles. The molecule has 2 aromatic rings. The van der Waals surface area contributed by atoms with Gasteiger partial charge in [-0.3, -0.25) is 14.4 Å². The van der Waals surface area contributed by atoms with Crippen LogP contribution in [-0.2, 0) is 20.8 Å². The maximum Gasteiger partial charge on any atom is 0.452 e. The van der Waals surface area contributed by atoms with Gasteiger partial charge in [0.15, 0.2) is 0 Å². The van der Waals surface area contributed by atoms with Gasteiger partial charge in [0, 0.05) is 27.6 Å². The summed E-state index contributed by atoms with van der Waals surface area (Å²) in [5, 5.41) is 5.76. The number of alkyl halides is 3. The molecular formula is C24H22Cl3F3N2O3. The summed E-state index contributed by atoms with van der Waals surface area (Å²) in [7, 11) is 0. The summed E-state index contributed by atoms with van der Waals surface area (Å²) in [4.78, 5) is 37.3. The Bertz CT molecular complexity index is 1080. The maximum atomic E-state index is 13.0. The third-order valence-corrected chi connectivity index (χ3v) is 5.51. The average Bonchev–Trinajstić information content (AvgIpc) is 2.75. The van der Waals surface area contributed by atoms with E-state index in [0.717, 1.165) is 6.08 Å². The number of carbonyl (C=O) groups is 3. The number of Topliss-reactive ketones (excluding diaryl/α,β-unsaturated/α-hetero) is 1. The third-order valence-electron chi connectivity index (χ3n) is 4.82. The molecular weight excluding hydrogens is 528 g/mol. The summed E-state index contributed by atoms with van der Waals surface area (Å²) in [5.41, 5.74) is 1.11. The van der Waals surface area contributed by atoms with Crippen LogP contribution < -0.4 is 10.6 Å². The van der Waals surface area contributed by atoms with Gasteiger partial charge in [-0.25, -0.2) is 0 Å². The van der Waals surface area contributed by atoms with Crippen LogP contribution in [0.2, 0.25) is 15.1 Å². The number of hydrogen-bond donors (Lipinski definition) is 2. The van der Waals surface area contributed by atoms with Gasteiger partial charge in [0.1, 0.15) is 6.04 Å². The highest BCUT2D eigenvalue weighted by Gasteiger charge is 2.45. The van der Waals surface area contributed by atoms with Crippen LogP contribution in [0.15, 0.2) is 48.5 Å². The van der Waals surface area contributed by atoms with Crippen LogP contribution >= 0.6 is 34.8 Å². The van der Waals surface area contributed by atoms with E-state index in [9.17, 15) is 27.6 Å². The summed E-state index contributed by atoms with van der Waals surface area (Å²) in [6.07, 6.45) is -2.64. The van der Waals surface area contributed by atoms with Crippen LogP contribution in [0.1, 0.15) is 25.0 Å². The largest absolute Gasteiger partial charge is 0.452 e. The lowest BCUT2D eigenvalue weighted by atomic mass is 9.98. The fraction of sp³-hybridized carbons (Fsp3) is 0.292. The molecule has 35 heavy (non-hydrogen) atoms. The molecule has 2 aromatic carbocycles. The Morgan fingerprint density at radius 3 is 2.00 bits per heavy atom. The molecule has 0 aliphatic heterocycles.